The summed E-state index contributed by atoms with van der Waals surface area (Å²) in [7, 11) is 1.54. The van der Waals surface area contributed by atoms with Crippen LogP contribution in [0.25, 0.3) is 0 Å². The van der Waals surface area contributed by atoms with Gasteiger partial charge in [0.1, 0.15) is 6.20 Å². The van der Waals surface area contributed by atoms with Crippen molar-refractivity contribution in [3.63, 3.8) is 0 Å². The highest BCUT2D eigenvalue weighted by Crippen LogP contribution is 2.09. The van der Waals surface area contributed by atoms with Gasteiger partial charge in [0.15, 0.2) is 0 Å². The lowest BCUT2D eigenvalue weighted by molar-refractivity contribution is -0.389. The number of aromatic nitrogens is 2. The number of carbonyl (C=O) groups is 1. The molecule has 0 spiro atoms. The molecule has 0 unspecified atom stereocenters. The topological polar surface area (TPSA) is 116 Å². The van der Waals surface area contributed by atoms with Crippen molar-refractivity contribution >= 4 is 11.7 Å². The van der Waals surface area contributed by atoms with Crippen LogP contribution in [0.4, 0.5) is 5.82 Å². The lowest BCUT2D eigenvalue weighted by Crippen LogP contribution is -2.27. The zero-order valence-corrected chi connectivity index (χ0v) is 10.3. The van der Waals surface area contributed by atoms with Gasteiger partial charge < -0.3 is 25.7 Å². The number of nitro groups is 1. The lowest BCUT2D eigenvalue weighted by Gasteiger charge is -2.02. The van der Waals surface area contributed by atoms with E-state index in [9.17, 15) is 14.9 Å². The summed E-state index contributed by atoms with van der Waals surface area (Å²) in [5.41, 5.74) is 5.35. The standard InChI is InChI=1S/C10H17N5O3/c1-14-7-8(15(17)18)13-9(14)10(16)12-6-4-2-3-5-11/h7H,2-6,11H2,1H3,(H,12,16). The normalized spacial score (nSPS) is 10.3. The quantitative estimate of drug-likeness (QED) is 0.410. The number of rotatable bonds is 7. The molecule has 0 saturated carbocycles. The molecular weight excluding hydrogens is 238 g/mol. The number of carbonyl (C=O) groups excluding carboxylic acids is 1. The Balaban J connectivity index is 2.48. The first-order valence-electron chi connectivity index (χ1n) is 5.72. The van der Waals surface area contributed by atoms with E-state index in [-0.39, 0.29) is 11.6 Å². The Morgan fingerprint density at radius 1 is 1.56 bits per heavy atom. The molecule has 1 aromatic heterocycles. The molecule has 18 heavy (non-hydrogen) atoms. The molecule has 0 aliphatic rings. The number of imidazole rings is 1. The minimum absolute atomic E-state index is 0.0422. The summed E-state index contributed by atoms with van der Waals surface area (Å²) < 4.78 is 1.34. The highest BCUT2D eigenvalue weighted by Gasteiger charge is 2.22. The van der Waals surface area contributed by atoms with E-state index in [1.807, 2.05) is 0 Å². The van der Waals surface area contributed by atoms with Crippen molar-refractivity contribution in [1.82, 2.24) is 14.9 Å². The summed E-state index contributed by atoms with van der Waals surface area (Å²) in [5.74, 6) is -0.690. The van der Waals surface area contributed by atoms with Gasteiger partial charge >= 0.3 is 17.5 Å². The first kappa shape index (κ1) is 14.1. The molecular formula is C10H17N5O3. The average Bonchev–Trinajstić information content (AvgIpc) is 2.71. The third-order valence-corrected chi connectivity index (χ3v) is 2.42. The molecule has 0 atom stereocenters. The predicted octanol–water partition coefficient (Wildman–Crippen LogP) is 0.187. The van der Waals surface area contributed by atoms with Crippen molar-refractivity contribution in [3.05, 3.63) is 22.1 Å². The molecule has 100 valence electrons. The second kappa shape index (κ2) is 6.70. The van der Waals surface area contributed by atoms with Crippen LogP contribution >= 0.6 is 0 Å². The van der Waals surface area contributed by atoms with Crippen molar-refractivity contribution in [3.8, 4) is 0 Å². The molecule has 0 aliphatic heterocycles. The van der Waals surface area contributed by atoms with Gasteiger partial charge in [-0.2, -0.15) is 0 Å². The third-order valence-electron chi connectivity index (χ3n) is 2.42. The van der Waals surface area contributed by atoms with E-state index in [0.29, 0.717) is 13.1 Å². The fraction of sp³-hybridized carbons (Fsp3) is 0.600. The van der Waals surface area contributed by atoms with Crippen LogP contribution in [0.15, 0.2) is 6.20 Å². The number of nitrogens with zero attached hydrogens (tertiary/aromatic N) is 3. The molecule has 3 N–H and O–H groups in total. The van der Waals surface area contributed by atoms with Crippen molar-refractivity contribution in [1.29, 1.82) is 0 Å². The van der Waals surface area contributed by atoms with E-state index in [2.05, 4.69) is 10.3 Å². The summed E-state index contributed by atoms with van der Waals surface area (Å²) >= 11 is 0. The number of nitrogens with one attached hydrogen (secondary N) is 1. The lowest BCUT2D eigenvalue weighted by atomic mass is 10.2. The van der Waals surface area contributed by atoms with Crippen molar-refractivity contribution in [2.75, 3.05) is 13.1 Å². The van der Waals surface area contributed by atoms with E-state index >= 15 is 0 Å². The van der Waals surface area contributed by atoms with Crippen molar-refractivity contribution in [2.45, 2.75) is 19.3 Å². The van der Waals surface area contributed by atoms with Gasteiger partial charge in [-0.05, 0) is 29.3 Å². The zero-order valence-electron chi connectivity index (χ0n) is 10.3. The van der Waals surface area contributed by atoms with E-state index < -0.39 is 10.8 Å². The Bertz CT molecular complexity index is 429. The molecule has 8 nitrogen and oxygen atoms in total. The Kier molecular flexibility index (Phi) is 5.25. The van der Waals surface area contributed by atoms with E-state index in [1.165, 1.54) is 10.8 Å². The maximum absolute atomic E-state index is 11.7. The Morgan fingerprint density at radius 2 is 2.28 bits per heavy atom. The zero-order chi connectivity index (χ0) is 13.5. The number of hydrogen-bond acceptors (Lipinski definition) is 5. The highest BCUT2D eigenvalue weighted by molar-refractivity contribution is 5.91. The number of amides is 1. The minimum Gasteiger partial charge on any atom is -0.358 e. The largest absolute Gasteiger partial charge is 0.382 e. The van der Waals surface area contributed by atoms with Crippen LogP contribution in [0.1, 0.15) is 29.9 Å². The molecule has 1 rings (SSSR count). The average molecular weight is 255 g/mol. The maximum Gasteiger partial charge on any atom is 0.382 e. The summed E-state index contributed by atoms with van der Waals surface area (Å²) in [4.78, 5) is 25.2. The molecule has 1 heterocycles. The van der Waals surface area contributed by atoms with Crippen molar-refractivity contribution in [2.24, 2.45) is 12.8 Å². The van der Waals surface area contributed by atoms with Crippen LogP contribution in [0.2, 0.25) is 0 Å². The number of hydrogen-bond donors (Lipinski definition) is 2. The first-order valence-corrected chi connectivity index (χ1v) is 5.72. The molecule has 0 radical (unpaired) electrons. The summed E-state index contributed by atoms with van der Waals surface area (Å²) in [5, 5.41) is 13.2. The molecule has 0 saturated heterocycles. The molecule has 0 bridgehead atoms. The van der Waals surface area contributed by atoms with Gasteiger partial charge in [-0.1, -0.05) is 6.42 Å². The summed E-state index contributed by atoms with van der Waals surface area (Å²) in [6.07, 6.45) is 3.90. The van der Waals surface area contributed by atoms with Gasteiger partial charge in [-0.15, -0.1) is 0 Å². The molecule has 0 aromatic carbocycles. The molecule has 8 heteroatoms. The predicted molar refractivity (Wildman–Crippen MR) is 65.1 cm³/mol. The van der Waals surface area contributed by atoms with Gasteiger partial charge in [0.05, 0.1) is 0 Å². The molecule has 1 aromatic rings. The smallest absolute Gasteiger partial charge is 0.358 e. The molecule has 0 aliphatic carbocycles. The maximum atomic E-state index is 11.7. The Labute approximate surface area is 104 Å². The van der Waals surface area contributed by atoms with Gasteiger partial charge in [-0.3, -0.25) is 4.79 Å². The number of nitrogens with two attached hydrogens (primary N) is 1. The van der Waals surface area contributed by atoms with E-state index in [4.69, 9.17) is 5.73 Å². The fourth-order valence-corrected chi connectivity index (χ4v) is 1.48. The molecule has 1 amide bonds. The Hall–Kier alpha value is -1.96. The van der Waals surface area contributed by atoms with Crippen LogP contribution in [0, 0.1) is 10.1 Å². The van der Waals surface area contributed by atoms with Crippen LogP contribution in [-0.2, 0) is 7.05 Å². The van der Waals surface area contributed by atoms with Crippen LogP contribution in [0.3, 0.4) is 0 Å². The fourth-order valence-electron chi connectivity index (χ4n) is 1.48. The third kappa shape index (κ3) is 3.81. The second-order valence-corrected chi connectivity index (χ2v) is 3.90. The van der Waals surface area contributed by atoms with Gasteiger partial charge in [0, 0.05) is 13.6 Å². The van der Waals surface area contributed by atoms with Crippen LogP contribution in [0.5, 0.6) is 0 Å². The Morgan fingerprint density at radius 3 is 2.83 bits per heavy atom. The van der Waals surface area contributed by atoms with Crippen LogP contribution < -0.4 is 11.1 Å². The summed E-state index contributed by atoms with van der Waals surface area (Å²) in [6.45, 7) is 1.15. The minimum atomic E-state index is -0.627. The number of aryl methyl sites for hydroxylation is 1. The SMILES string of the molecule is Cn1cc([N+](=O)[O-])nc1C(=O)NCCCCCN. The van der Waals surface area contributed by atoms with Crippen LogP contribution in [-0.4, -0.2) is 33.5 Å². The summed E-state index contributed by atoms with van der Waals surface area (Å²) in [6, 6.07) is 0. The number of unbranched alkanes of at least 4 members (excludes halogenated alkanes) is 2. The van der Waals surface area contributed by atoms with Crippen molar-refractivity contribution < 1.29 is 9.72 Å². The second-order valence-electron chi connectivity index (χ2n) is 3.90. The van der Waals surface area contributed by atoms with Gasteiger partial charge in [0.2, 0.25) is 0 Å². The van der Waals surface area contributed by atoms with E-state index in [1.54, 1.807) is 7.05 Å². The monoisotopic (exact) mass is 255 g/mol. The van der Waals surface area contributed by atoms with E-state index in [0.717, 1.165) is 19.3 Å². The van der Waals surface area contributed by atoms with Gasteiger partial charge in [0.25, 0.3) is 0 Å². The highest BCUT2D eigenvalue weighted by atomic mass is 16.6. The molecule has 0 fully saturated rings. The first-order chi connectivity index (χ1) is 8.56. The van der Waals surface area contributed by atoms with Gasteiger partial charge in [-0.25, -0.2) is 0 Å².